The van der Waals surface area contributed by atoms with Crippen LogP contribution in [0.25, 0.3) is 0 Å². The zero-order valence-corrected chi connectivity index (χ0v) is 8.16. The lowest BCUT2D eigenvalue weighted by Crippen LogP contribution is -2.29. The molecule has 3 nitrogen and oxygen atoms in total. The molecule has 0 saturated heterocycles. The quantitative estimate of drug-likeness (QED) is 0.473. The van der Waals surface area contributed by atoms with Crippen molar-refractivity contribution in [2.45, 2.75) is 19.8 Å². The van der Waals surface area contributed by atoms with E-state index >= 15 is 0 Å². The fourth-order valence-corrected chi connectivity index (χ4v) is 1.07. The van der Waals surface area contributed by atoms with E-state index in [2.05, 4.69) is 28.8 Å². The van der Waals surface area contributed by atoms with Gasteiger partial charge in [-0.15, -0.1) is 0 Å². The summed E-state index contributed by atoms with van der Waals surface area (Å²) >= 11 is 4.87. The highest BCUT2D eigenvalue weighted by Crippen LogP contribution is 2.13. The molecule has 0 fully saturated rings. The largest absolute Gasteiger partial charge is 0.364 e. The van der Waals surface area contributed by atoms with Gasteiger partial charge < -0.3 is 5.32 Å². The van der Waals surface area contributed by atoms with Crippen molar-refractivity contribution < 1.29 is 0 Å². The molecule has 0 heterocycles. The van der Waals surface area contributed by atoms with Crippen LogP contribution in [0.15, 0.2) is 16.8 Å². The van der Waals surface area contributed by atoms with Crippen LogP contribution in [0.3, 0.4) is 0 Å². The van der Waals surface area contributed by atoms with Crippen molar-refractivity contribution in [1.29, 1.82) is 0 Å². The molecule has 1 aliphatic rings. The minimum atomic E-state index is 0.556. The Morgan fingerprint density at radius 2 is 2.33 bits per heavy atom. The monoisotopic (exact) mass is 183 g/mol. The molecule has 1 rings (SSSR count). The summed E-state index contributed by atoms with van der Waals surface area (Å²) < 4.78 is 0. The number of thiocarbonyl (C=S) groups is 1. The molecule has 0 amide bonds. The first-order valence-corrected chi connectivity index (χ1v) is 4.34. The number of hydrazone groups is 1. The van der Waals surface area contributed by atoms with Crippen molar-refractivity contribution in [3.8, 4) is 0 Å². The van der Waals surface area contributed by atoms with Crippen LogP contribution in [0.2, 0.25) is 0 Å². The molecule has 0 bridgehead atoms. The normalized spacial score (nSPS) is 19.2. The Labute approximate surface area is 77.9 Å². The number of allylic oxidation sites excluding steroid dienone is 2. The number of hydrogen-bond acceptors (Lipinski definition) is 2. The van der Waals surface area contributed by atoms with Gasteiger partial charge in [-0.1, -0.05) is 5.57 Å². The first kappa shape index (κ1) is 9.19. The fourth-order valence-electron chi connectivity index (χ4n) is 1.02. The lowest BCUT2D eigenvalue weighted by molar-refractivity contribution is 0.960. The SMILES string of the molecule is CNC(=S)N/N=C1/C=C(C)CC1. The average Bonchev–Trinajstić information content (AvgIpc) is 2.47. The van der Waals surface area contributed by atoms with Crippen LogP contribution in [-0.4, -0.2) is 17.9 Å². The summed E-state index contributed by atoms with van der Waals surface area (Å²) in [6.07, 6.45) is 4.23. The summed E-state index contributed by atoms with van der Waals surface area (Å²) in [4.78, 5) is 0. The maximum atomic E-state index is 4.87. The first-order chi connectivity index (χ1) is 5.72. The molecule has 1 aliphatic carbocycles. The van der Waals surface area contributed by atoms with E-state index in [0.717, 1.165) is 18.6 Å². The van der Waals surface area contributed by atoms with Crippen molar-refractivity contribution in [2.75, 3.05) is 7.05 Å². The van der Waals surface area contributed by atoms with Gasteiger partial charge in [-0.25, -0.2) is 0 Å². The summed E-state index contributed by atoms with van der Waals surface area (Å²) in [7, 11) is 1.77. The van der Waals surface area contributed by atoms with Crippen molar-refractivity contribution in [1.82, 2.24) is 10.7 Å². The van der Waals surface area contributed by atoms with Gasteiger partial charge >= 0.3 is 0 Å². The third-order valence-electron chi connectivity index (χ3n) is 1.72. The molecule has 0 spiro atoms. The van der Waals surface area contributed by atoms with Crippen LogP contribution in [0.1, 0.15) is 19.8 Å². The van der Waals surface area contributed by atoms with E-state index in [1.54, 1.807) is 7.05 Å². The molecule has 0 radical (unpaired) electrons. The molecule has 0 aromatic rings. The van der Waals surface area contributed by atoms with Gasteiger partial charge in [0, 0.05) is 7.05 Å². The average molecular weight is 183 g/mol. The van der Waals surface area contributed by atoms with E-state index in [9.17, 15) is 0 Å². The first-order valence-electron chi connectivity index (χ1n) is 3.94. The minimum Gasteiger partial charge on any atom is -0.364 e. The predicted octanol–water partition coefficient (Wildman–Crippen LogP) is 1.18. The second-order valence-corrected chi connectivity index (χ2v) is 3.19. The lowest BCUT2D eigenvalue weighted by atomic mass is 10.3. The summed E-state index contributed by atoms with van der Waals surface area (Å²) in [5, 5.41) is 7.48. The second-order valence-electron chi connectivity index (χ2n) is 2.78. The van der Waals surface area contributed by atoms with Crippen molar-refractivity contribution in [2.24, 2.45) is 5.10 Å². The molecule has 0 atom stereocenters. The molecule has 4 heteroatoms. The van der Waals surface area contributed by atoms with Crippen molar-refractivity contribution in [3.05, 3.63) is 11.6 Å². The molecular formula is C8H13N3S. The van der Waals surface area contributed by atoms with E-state index in [1.807, 2.05) is 0 Å². The molecule has 12 heavy (non-hydrogen) atoms. The Morgan fingerprint density at radius 3 is 2.83 bits per heavy atom. The smallest absolute Gasteiger partial charge is 0.186 e. The van der Waals surface area contributed by atoms with Gasteiger partial charge in [-0.2, -0.15) is 5.10 Å². The van der Waals surface area contributed by atoms with E-state index in [1.165, 1.54) is 5.57 Å². The standard InChI is InChI=1S/C8H13N3S/c1-6-3-4-7(5-6)10-11-8(12)9-2/h5H,3-4H2,1-2H3,(H2,9,11,12)/b10-7+. The number of hydrogen-bond donors (Lipinski definition) is 2. The summed E-state index contributed by atoms with van der Waals surface area (Å²) in [5.41, 5.74) is 5.21. The van der Waals surface area contributed by atoms with Gasteiger partial charge in [0.15, 0.2) is 5.11 Å². The van der Waals surface area contributed by atoms with Crippen LogP contribution in [0.5, 0.6) is 0 Å². The van der Waals surface area contributed by atoms with E-state index in [4.69, 9.17) is 12.2 Å². The number of nitrogens with zero attached hydrogens (tertiary/aromatic N) is 1. The van der Waals surface area contributed by atoms with Gasteiger partial charge in [-0.3, -0.25) is 5.43 Å². The van der Waals surface area contributed by atoms with Gasteiger partial charge in [0.05, 0.1) is 5.71 Å². The van der Waals surface area contributed by atoms with E-state index < -0.39 is 0 Å². The summed E-state index contributed by atoms with van der Waals surface area (Å²) in [6.45, 7) is 2.11. The van der Waals surface area contributed by atoms with Gasteiger partial charge in [-0.05, 0) is 38.1 Å². The molecule has 0 aromatic heterocycles. The highest BCUT2D eigenvalue weighted by Gasteiger charge is 2.05. The van der Waals surface area contributed by atoms with E-state index in [0.29, 0.717) is 5.11 Å². The third-order valence-corrected chi connectivity index (χ3v) is 2.01. The highest BCUT2D eigenvalue weighted by atomic mass is 32.1. The Bertz CT molecular complexity index is 243. The Hall–Kier alpha value is -0.900. The predicted molar refractivity (Wildman–Crippen MR) is 55.2 cm³/mol. The van der Waals surface area contributed by atoms with E-state index in [-0.39, 0.29) is 0 Å². The van der Waals surface area contributed by atoms with Crippen LogP contribution >= 0.6 is 12.2 Å². The minimum absolute atomic E-state index is 0.556. The molecule has 66 valence electrons. The highest BCUT2D eigenvalue weighted by molar-refractivity contribution is 7.80. The van der Waals surface area contributed by atoms with Crippen LogP contribution in [-0.2, 0) is 0 Å². The zero-order valence-electron chi connectivity index (χ0n) is 7.35. The topological polar surface area (TPSA) is 36.4 Å². The molecule has 2 N–H and O–H groups in total. The molecule has 0 aromatic carbocycles. The van der Waals surface area contributed by atoms with Gasteiger partial charge in [0.25, 0.3) is 0 Å². The summed E-state index contributed by atoms with van der Waals surface area (Å²) in [6, 6.07) is 0. The molecular weight excluding hydrogens is 170 g/mol. The molecule has 0 unspecified atom stereocenters. The molecule has 0 saturated carbocycles. The third kappa shape index (κ3) is 2.62. The molecule has 0 aliphatic heterocycles. The Balaban J connectivity index is 2.43. The van der Waals surface area contributed by atoms with Crippen molar-refractivity contribution >= 4 is 23.0 Å². The zero-order chi connectivity index (χ0) is 8.97. The van der Waals surface area contributed by atoms with Crippen LogP contribution in [0, 0.1) is 0 Å². The maximum Gasteiger partial charge on any atom is 0.186 e. The van der Waals surface area contributed by atoms with Gasteiger partial charge in [0.2, 0.25) is 0 Å². The maximum absolute atomic E-state index is 4.87. The lowest BCUT2D eigenvalue weighted by Gasteiger charge is -2.00. The second kappa shape index (κ2) is 4.21. The van der Waals surface area contributed by atoms with Gasteiger partial charge in [0.1, 0.15) is 0 Å². The fraction of sp³-hybridized carbons (Fsp3) is 0.500. The number of nitrogens with one attached hydrogen (secondary N) is 2. The van der Waals surface area contributed by atoms with Crippen molar-refractivity contribution in [3.63, 3.8) is 0 Å². The number of rotatable bonds is 1. The van der Waals surface area contributed by atoms with Crippen LogP contribution in [0.4, 0.5) is 0 Å². The van der Waals surface area contributed by atoms with Crippen LogP contribution < -0.4 is 10.7 Å². The summed E-state index contributed by atoms with van der Waals surface area (Å²) in [5.74, 6) is 0. The Morgan fingerprint density at radius 1 is 1.58 bits per heavy atom. The Kier molecular flexibility index (Phi) is 3.22.